The van der Waals surface area contributed by atoms with Crippen molar-refractivity contribution in [2.24, 2.45) is 5.10 Å². The fourth-order valence-electron chi connectivity index (χ4n) is 2.47. The molecule has 130 valence electrons. The maximum absolute atomic E-state index is 11.9. The minimum atomic E-state index is -0.203. The Morgan fingerprint density at radius 1 is 1.00 bits per heavy atom. The maximum atomic E-state index is 11.9. The molecule has 0 aliphatic carbocycles. The third-order valence-electron chi connectivity index (χ3n) is 3.74. The molecular weight excluding hydrogens is 390 g/mol. The van der Waals surface area contributed by atoms with Crippen LogP contribution in [0.4, 0.5) is 5.69 Å². The smallest absolute Gasteiger partial charge is 0.259 e. The summed E-state index contributed by atoms with van der Waals surface area (Å²) < 4.78 is 1.04. The minimum Gasteiger partial charge on any atom is -0.376 e. The number of rotatable bonds is 6. The quantitative estimate of drug-likeness (QED) is 0.454. The summed E-state index contributed by atoms with van der Waals surface area (Å²) in [5.74, 6) is -0.203. The van der Waals surface area contributed by atoms with Gasteiger partial charge >= 0.3 is 0 Å². The van der Waals surface area contributed by atoms with Crippen LogP contribution in [-0.2, 0) is 4.79 Å². The first-order chi connectivity index (χ1) is 12.7. The first-order valence-electron chi connectivity index (χ1n) is 8.18. The van der Waals surface area contributed by atoms with E-state index < -0.39 is 0 Å². The molecular formula is C21H18BrN3O. The lowest BCUT2D eigenvalue weighted by atomic mass is 10.1. The fraction of sp³-hybridized carbons (Fsp3) is 0.0476. The number of carbonyl (C=O) groups excluding carboxylic acids is 1. The van der Waals surface area contributed by atoms with Gasteiger partial charge in [0.25, 0.3) is 5.91 Å². The molecule has 0 bridgehead atoms. The number of hydrogen-bond donors (Lipinski definition) is 2. The predicted molar refractivity (Wildman–Crippen MR) is 112 cm³/mol. The molecule has 3 aromatic rings. The summed E-state index contributed by atoms with van der Waals surface area (Å²) in [5.41, 5.74) is 4.49. The van der Waals surface area contributed by atoms with Crippen LogP contribution in [0, 0.1) is 0 Å². The van der Waals surface area contributed by atoms with E-state index in [0.717, 1.165) is 26.5 Å². The van der Waals surface area contributed by atoms with Gasteiger partial charge in [-0.15, -0.1) is 0 Å². The molecule has 0 heterocycles. The van der Waals surface area contributed by atoms with Gasteiger partial charge in [-0.25, -0.2) is 5.43 Å². The van der Waals surface area contributed by atoms with Gasteiger partial charge in [0.05, 0.1) is 6.54 Å². The van der Waals surface area contributed by atoms with Crippen molar-refractivity contribution < 1.29 is 4.79 Å². The van der Waals surface area contributed by atoms with Crippen molar-refractivity contribution in [3.63, 3.8) is 0 Å². The van der Waals surface area contributed by atoms with Crippen molar-refractivity contribution in [2.45, 2.75) is 0 Å². The van der Waals surface area contributed by atoms with Gasteiger partial charge in [-0.05, 0) is 35.2 Å². The molecule has 4 nitrogen and oxygen atoms in total. The van der Waals surface area contributed by atoms with Crippen LogP contribution in [-0.4, -0.2) is 18.7 Å². The van der Waals surface area contributed by atoms with Crippen LogP contribution in [0.1, 0.15) is 5.56 Å². The molecule has 0 aromatic heterocycles. The van der Waals surface area contributed by atoms with Crippen LogP contribution < -0.4 is 10.7 Å². The van der Waals surface area contributed by atoms with Crippen molar-refractivity contribution in [3.8, 4) is 0 Å². The molecule has 2 N–H and O–H groups in total. The van der Waals surface area contributed by atoms with Crippen molar-refractivity contribution in [1.82, 2.24) is 5.43 Å². The van der Waals surface area contributed by atoms with Gasteiger partial charge < -0.3 is 5.32 Å². The zero-order valence-corrected chi connectivity index (χ0v) is 15.6. The van der Waals surface area contributed by atoms with E-state index in [1.54, 1.807) is 12.3 Å². The molecule has 0 fully saturated rings. The molecule has 0 unspecified atom stereocenters. The Labute approximate surface area is 160 Å². The number of allylic oxidation sites excluding steroid dienone is 1. The Kier molecular flexibility index (Phi) is 6.17. The van der Waals surface area contributed by atoms with Crippen molar-refractivity contribution in [2.75, 3.05) is 11.9 Å². The van der Waals surface area contributed by atoms with Gasteiger partial charge in [0.15, 0.2) is 0 Å². The third-order valence-corrected chi connectivity index (χ3v) is 4.27. The average molecular weight is 408 g/mol. The fourth-order valence-corrected chi connectivity index (χ4v) is 2.74. The maximum Gasteiger partial charge on any atom is 0.259 e. The van der Waals surface area contributed by atoms with Gasteiger partial charge in [-0.1, -0.05) is 70.5 Å². The van der Waals surface area contributed by atoms with Gasteiger partial charge in [-0.2, -0.15) is 5.10 Å². The van der Waals surface area contributed by atoms with Crippen molar-refractivity contribution >= 4 is 50.6 Å². The number of nitrogens with one attached hydrogen (secondary N) is 2. The SMILES string of the molecule is O=C(CNc1cccc2ccccc12)NN=CC=Cc1ccc(Br)cc1. The predicted octanol–water partition coefficient (Wildman–Crippen LogP) is 4.83. The zero-order valence-electron chi connectivity index (χ0n) is 14.0. The van der Waals surface area contributed by atoms with Gasteiger partial charge in [0.1, 0.15) is 0 Å². The summed E-state index contributed by atoms with van der Waals surface area (Å²) in [5, 5.41) is 9.29. The summed E-state index contributed by atoms with van der Waals surface area (Å²) in [6.07, 6.45) is 5.25. The Morgan fingerprint density at radius 2 is 1.77 bits per heavy atom. The number of amides is 1. The number of hydrogen-bond acceptors (Lipinski definition) is 3. The van der Waals surface area contributed by atoms with E-state index >= 15 is 0 Å². The van der Waals surface area contributed by atoms with Crippen LogP contribution >= 0.6 is 15.9 Å². The van der Waals surface area contributed by atoms with Crippen LogP contribution in [0.15, 0.2) is 82.4 Å². The second kappa shape index (κ2) is 8.97. The van der Waals surface area contributed by atoms with Crippen molar-refractivity contribution in [1.29, 1.82) is 0 Å². The molecule has 0 radical (unpaired) electrons. The number of hydrazone groups is 1. The summed E-state index contributed by atoms with van der Waals surface area (Å²) in [6, 6.07) is 21.9. The van der Waals surface area contributed by atoms with Gasteiger partial charge in [0.2, 0.25) is 0 Å². The number of carbonyl (C=O) groups is 1. The first-order valence-corrected chi connectivity index (χ1v) is 8.97. The highest BCUT2D eigenvalue weighted by molar-refractivity contribution is 9.10. The van der Waals surface area contributed by atoms with Crippen LogP contribution in [0.5, 0.6) is 0 Å². The standard InChI is InChI=1S/C21H18BrN3O/c22-18-12-10-16(11-13-18)5-4-14-24-25-21(26)15-23-20-9-3-7-17-6-1-2-8-19(17)20/h1-14,23H,15H2,(H,25,26). The topological polar surface area (TPSA) is 53.5 Å². The molecule has 1 amide bonds. The second-order valence-electron chi connectivity index (χ2n) is 5.60. The number of fused-ring (bicyclic) bond motifs is 1. The Bertz CT molecular complexity index is 944. The third kappa shape index (κ3) is 5.04. The lowest BCUT2D eigenvalue weighted by Gasteiger charge is -2.08. The molecule has 3 rings (SSSR count). The normalized spacial score (nSPS) is 11.3. The zero-order chi connectivity index (χ0) is 18.2. The Morgan fingerprint density at radius 3 is 2.62 bits per heavy atom. The van der Waals surface area contributed by atoms with E-state index in [-0.39, 0.29) is 12.5 Å². The Balaban J connectivity index is 1.49. The highest BCUT2D eigenvalue weighted by Crippen LogP contribution is 2.22. The minimum absolute atomic E-state index is 0.155. The van der Waals surface area contributed by atoms with Gasteiger partial charge in [0, 0.05) is 21.8 Å². The number of nitrogens with zero attached hydrogens (tertiary/aromatic N) is 1. The molecule has 0 atom stereocenters. The molecule has 26 heavy (non-hydrogen) atoms. The second-order valence-corrected chi connectivity index (χ2v) is 6.52. The first kappa shape index (κ1) is 17.9. The lowest BCUT2D eigenvalue weighted by Crippen LogP contribution is -2.25. The number of anilines is 1. The molecule has 0 saturated carbocycles. The highest BCUT2D eigenvalue weighted by atomic mass is 79.9. The van der Waals surface area contributed by atoms with E-state index in [1.807, 2.05) is 72.8 Å². The van der Waals surface area contributed by atoms with Crippen LogP contribution in [0.25, 0.3) is 16.8 Å². The number of halogens is 1. The van der Waals surface area contributed by atoms with E-state index in [9.17, 15) is 4.79 Å². The summed E-state index contributed by atoms with van der Waals surface area (Å²) >= 11 is 3.40. The van der Waals surface area contributed by atoms with E-state index in [1.165, 1.54) is 0 Å². The summed E-state index contributed by atoms with van der Waals surface area (Å²) in [7, 11) is 0. The molecule has 3 aromatic carbocycles. The molecule has 0 saturated heterocycles. The van der Waals surface area contributed by atoms with E-state index in [2.05, 4.69) is 31.8 Å². The van der Waals surface area contributed by atoms with Crippen molar-refractivity contribution in [3.05, 3.63) is 82.8 Å². The molecule has 0 aliphatic heterocycles. The summed E-state index contributed by atoms with van der Waals surface area (Å²) in [4.78, 5) is 11.9. The van der Waals surface area contributed by atoms with Crippen LogP contribution in [0.3, 0.4) is 0 Å². The monoisotopic (exact) mass is 407 g/mol. The summed E-state index contributed by atoms with van der Waals surface area (Å²) in [6.45, 7) is 0.155. The van der Waals surface area contributed by atoms with E-state index in [4.69, 9.17) is 0 Å². The average Bonchev–Trinajstić information content (AvgIpc) is 2.67. The largest absolute Gasteiger partial charge is 0.376 e. The van der Waals surface area contributed by atoms with E-state index in [0.29, 0.717) is 0 Å². The number of benzene rings is 3. The molecule has 5 heteroatoms. The molecule has 0 aliphatic rings. The van der Waals surface area contributed by atoms with Crippen LogP contribution in [0.2, 0.25) is 0 Å². The highest BCUT2D eigenvalue weighted by Gasteiger charge is 2.02. The molecule has 0 spiro atoms. The van der Waals surface area contributed by atoms with Gasteiger partial charge in [-0.3, -0.25) is 4.79 Å². The lowest BCUT2D eigenvalue weighted by molar-refractivity contribution is -0.119. The Hall–Kier alpha value is -2.92.